The number of aliphatic hydroxyl groups is 1. The molecular weight excluding hydrogens is 317 g/mol. The number of hydrogen-bond acceptors (Lipinski definition) is 6. The SMILES string of the molecule is Cc1ccc(OP(=O)(CC(O)NO)Oc2ccc(C)cc2)cc1. The molecule has 124 valence electrons. The average Bonchev–Trinajstić information content (AvgIpc) is 2.51. The van der Waals surface area contributed by atoms with Crippen molar-refractivity contribution in [3.8, 4) is 11.5 Å². The maximum absolute atomic E-state index is 12.9. The molecule has 0 bridgehead atoms. The third kappa shape index (κ3) is 5.37. The van der Waals surface area contributed by atoms with Gasteiger partial charge in [0, 0.05) is 0 Å². The molecule has 1 atom stereocenters. The molecule has 0 spiro atoms. The molecule has 0 fully saturated rings. The van der Waals surface area contributed by atoms with Crippen LogP contribution >= 0.6 is 7.60 Å². The van der Waals surface area contributed by atoms with Crippen molar-refractivity contribution in [2.75, 3.05) is 6.16 Å². The van der Waals surface area contributed by atoms with E-state index in [1.54, 1.807) is 29.7 Å². The largest absolute Gasteiger partial charge is 0.434 e. The number of aryl methyl sites for hydroxylation is 2. The minimum absolute atomic E-state index is 0.358. The standard InChI is InChI=1S/C16H20NO5P/c1-12-3-7-14(8-4-12)21-23(20,11-16(18)17-19)22-15-9-5-13(2)6-10-15/h3-10,16-19H,11H2,1-2H3. The third-order valence-corrected chi connectivity index (χ3v) is 4.85. The van der Waals surface area contributed by atoms with E-state index in [0.29, 0.717) is 11.5 Å². The van der Waals surface area contributed by atoms with Crippen molar-refractivity contribution in [3.05, 3.63) is 59.7 Å². The minimum Gasteiger partial charge on any atom is -0.416 e. The van der Waals surface area contributed by atoms with Gasteiger partial charge in [0.15, 0.2) is 0 Å². The summed E-state index contributed by atoms with van der Waals surface area (Å²) in [7, 11) is -3.74. The molecule has 2 aromatic rings. The van der Waals surface area contributed by atoms with Gasteiger partial charge in [0.25, 0.3) is 0 Å². The second kappa shape index (κ2) is 7.62. The minimum atomic E-state index is -3.74. The van der Waals surface area contributed by atoms with Crippen molar-refractivity contribution in [1.29, 1.82) is 0 Å². The fourth-order valence-corrected chi connectivity index (χ4v) is 3.44. The highest BCUT2D eigenvalue weighted by Crippen LogP contribution is 2.48. The van der Waals surface area contributed by atoms with E-state index in [9.17, 15) is 9.67 Å². The fourth-order valence-electron chi connectivity index (χ4n) is 1.87. The van der Waals surface area contributed by atoms with Crippen LogP contribution in [0.25, 0.3) is 0 Å². The van der Waals surface area contributed by atoms with Gasteiger partial charge in [0.1, 0.15) is 23.9 Å². The van der Waals surface area contributed by atoms with E-state index in [-0.39, 0.29) is 0 Å². The molecule has 0 heterocycles. The Balaban J connectivity index is 2.22. The first-order valence-corrected chi connectivity index (χ1v) is 8.82. The number of rotatable bonds is 7. The monoisotopic (exact) mass is 337 g/mol. The maximum atomic E-state index is 12.9. The number of nitrogens with one attached hydrogen (secondary N) is 1. The highest BCUT2D eigenvalue weighted by Gasteiger charge is 2.31. The lowest BCUT2D eigenvalue weighted by molar-refractivity contribution is 0.0140. The average molecular weight is 337 g/mol. The summed E-state index contributed by atoms with van der Waals surface area (Å²) in [5.74, 6) is 0.715. The van der Waals surface area contributed by atoms with Crippen LogP contribution in [0.4, 0.5) is 0 Å². The summed E-state index contributed by atoms with van der Waals surface area (Å²) in [5.41, 5.74) is 3.70. The van der Waals surface area contributed by atoms with Gasteiger partial charge in [-0.2, -0.15) is 5.48 Å². The van der Waals surface area contributed by atoms with Gasteiger partial charge in [-0.25, -0.2) is 4.57 Å². The zero-order valence-electron chi connectivity index (χ0n) is 13.0. The highest BCUT2D eigenvalue weighted by atomic mass is 31.2. The van der Waals surface area contributed by atoms with Gasteiger partial charge in [-0.3, -0.25) is 0 Å². The van der Waals surface area contributed by atoms with Crippen LogP contribution in [0.1, 0.15) is 11.1 Å². The number of aliphatic hydroxyl groups excluding tert-OH is 1. The van der Waals surface area contributed by atoms with Crippen LogP contribution in [0.3, 0.4) is 0 Å². The summed E-state index contributed by atoms with van der Waals surface area (Å²) in [6.07, 6.45) is -1.85. The summed E-state index contributed by atoms with van der Waals surface area (Å²) < 4.78 is 23.9. The molecule has 0 saturated carbocycles. The summed E-state index contributed by atoms with van der Waals surface area (Å²) in [6.45, 7) is 3.84. The van der Waals surface area contributed by atoms with Crippen molar-refractivity contribution >= 4 is 7.60 Å². The zero-order valence-corrected chi connectivity index (χ0v) is 13.9. The summed E-state index contributed by atoms with van der Waals surface area (Å²) in [5, 5.41) is 18.3. The number of hydrogen-bond donors (Lipinski definition) is 3. The molecule has 2 rings (SSSR count). The Kier molecular flexibility index (Phi) is 5.80. The van der Waals surface area contributed by atoms with Crippen LogP contribution in [0.5, 0.6) is 11.5 Å². The fraction of sp³-hybridized carbons (Fsp3) is 0.250. The van der Waals surface area contributed by atoms with Crippen LogP contribution in [-0.4, -0.2) is 22.7 Å². The molecule has 23 heavy (non-hydrogen) atoms. The Hall–Kier alpha value is -1.85. The highest BCUT2D eigenvalue weighted by molar-refractivity contribution is 7.54. The Labute approximate surface area is 135 Å². The molecule has 0 amide bonds. The van der Waals surface area contributed by atoms with Gasteiger partial charge in [0.05, 0.1) is 0 Å². The van der Waals surface area contributed by atoms with Crippen LogP contribution in [0, 0.1) is 13.8 Å². The van der Waals surface area contributed by atoms with Gasteiger partial charge in [-0.1, -0.05) is 35.4 Å². The van der Waals surface area contributed by atoms with E-state index in [1.165, 1.54) is 0 Å². The second-order valence-electron chi connectivity index (χ2n) is 5.25. The van der Waals surface area contributed by atoms with Gasteiger partial charge in [-0.05, 0) is 38.1 Å². The number of hydroxylamine groups is 1. The summed E-state index contributed by atoms with van der Waals surface area (Å²) >= 11 is 0. The van der Waals surface area contributed by atoms with Gasteiger partial charge in [0.2, 0.25) is 0 Å². The predicted octanol–water partition coefficient (Wildman–Crippen LogP) is 3.25. The Morgan fingerprint density at radius 2 is 1.35 bits per heavy atom. The Morgan fingerprint density at radius 3 is 1.70 bits per heavy atom. The van der Waals surface area contributed by atoms with Crippen LogP contribution in [0.15, 0.2) is 48.5 Å². The van der Waals surface area contributed by atoms with E-state index >= 15 is 0 Å². The van der Waals surface area contributed by atoms with Crippen LogP contribution in [0.2, 0.25) is 0 Å². The molecule has 0 aliphatic rings. The van der Waals surface area contributed by atoms with E-state index in [0.717, 1.165) is 11.1 Å². The molecule has 3 N–H and O–H groups in total. The summed E-state index contributed by atoms with van der Waals surface area (Å²) in [4.78, 5) is 0. The molecule has 6 nitrogen and oxygen atoms in total. The normalized spacial score (nSPS) is 12.7. The predicted molar refractivity (Wildman–Crippen MR) is 87.0 cm³/mol. The Morgan fingerprint density at radius 1 is 0.957 bits per heavy atom. The molecule has 0 aromatic heterocycles. The topological polar surface area (TPSA) is 88.0 Å². The van der Waals surface area contributed by atoms with E-state index in [2.05, 4.69) is 0 Å². The quantitative estimate of drug-likeness (QED) is 0.408. The lowest BCUT2D eigenvalue weighted by Crippen LogP contribution is -2.30. The first-order chi connectivity index (χ1) is 10.9. The first-order valence-electron chi connectivity index (χ1n) is 7.09. The van der Waals surface area contributed by atoms with Gasteiger partial charge >= 0.3 is 7.60 Å². The third-order valence-electron chi connectivity index (χ3n) is 3.08. The van der Waals surface area contributed by atoms with Gasteiger partial charge < -0.3 is 19.4 Å². The molecule has 1 unspecified atom stereocenters. The summed E-state index contributed by atoms with van der Waals surface area (Å²) in [6, 6.07) is 13.9. The molecule has 0 aliphatic heterocycles. The van der Waals surface area contributed by atoms with Gasteiger partial charge in [-0.15, -0.1) is 0 Å². The first kappa shape index (κ1) is 17.5. The number of benzene rings is 2. The smallest absolute Gasteiger partial charge is 0.416 e. The molecule has 2 aromatic carbocycles. The lowest BCUT2D eigenvalue weighted by atomic mass is 10.2. The van der Waals surface area contributed by atoms with Crippen molar-refractivity contribution in [2.24, 2.45) is 0 Å². The molecule has 0 aliphatic carbocycles. The second-order valence-corrected chi connectivity index (χ2v) is 7.20. The van der Waals surface area contributed by atoms with E-state index < -0.39 is 20.0 Å². The van der Waals surface area contributed by atoms with E-state index in [4.69, 9.17) is 14.3 Å². The molecule has 0 radical (unpaired) electrons. The van der Waals surface area contributed by atoms with Crippen LogP contribution in [-0.2, 0) is 4.57 Å². The van der Waals surface area contributed by atoms with E-state index in [1.807, 2.05) is 38.1 Å². The van der Waals surface area contributed by atoms with Crippen molar-refractivity contribution in [1.82, 2.24) is 5.48 Å². The molecular formula is C16H20NO5P. The molecule has 0 saturated heterocycles. The zero-order chi connectivity index (χ0) is 16.9. The Bertz CT molecular complexity index is 620. The lowest BCUT2D eigenvalue weighted by Gasteiger charge is -2.22. The van der Waals surface area contributed by atoms with Crippen LogP contribution < -0.4 is 14.5 Å². The van der Waals surface area contributed by atoms with Crippen molar-refractivity contribution in [3.63, 3.8) is 0 Å². The maximum Gasteiger partial charge on any atom is 0.434 e. The van der Waals surface area contributed by atoms with Crippen molar-refractivity contribution in [2.45, 2.75) is 20.1 Å². The molecule has 7 heteroatoms. The van der Waals surface area contributed by atoms with Crippen molar-refractivity contribution < 1.29 is 23.9 Å².